The number of nitrogens with one attached hydrogen (secondary N) is 2. The molecule has 0 bridgehead atoms. The quantitative estimate of drug-likeness (QED) is 0.399. The lowest BCUT2D eigenvalue weighted by atomic mass is 10.2. The second-order valence-electron chi connectivity index (χ2n) is 3.16. The molecule has 0 rings (SSSR count). The number of carbonyl (C=O) groups is 2. The number of esters is 1. The summed E-state index contributed by atoms with van der Waals surface area (Å²) in [7, 11) is 0. The van der Waals surface area contributed by atoms with Crippen LogP contribution in [-0.4, -0.2) is 37.7 Å². The maximum Gasteiger partial charge on any atom is 0.312 e. The lowest BCUT2D eigenvalue weighted by Gasteiger charge is -2.12. The monoisotopic (exact) mass is 217 g/mol. The van der Waals surface area contributed by atoms with Crippen LogP contribution in [0.2, 0.25) is 0 Å². The SMILES string of the molecule is CCOC(=O)CC(C)NCCNC(N)=O. The molecule has 15 heavy (non-hydrogen) atoms. The molecule has 6 heteroatoms. The van der Waals surface area contributed by atoms with Crippen molar-refractivity contribution in [3.8, 4) is 0 Å². The summed E-state index contributed by atoms with van der Waals surface area (Å²) in [6, 6.07) is -0.520. The van der Waals surface area contributed by atoms with Gasteiger partial charge in [0.05, 0.1) is 13.0 Å². The molecule has 0 fully saturated rings. The van der Waals surface area contributed by atoms with E-state index in [-0.39, 0.29) is 12.0 Å². The molecule has 0 aromatic heterocycles. The van der Waals surface area contributed by atoms with Gasteiger partial charge in [0.15, 0.2) is 0 Å². The van der Waals surface area contributed by atoms with Crippen molar-refractivity contribution in [3.05, 3.63) is 0 Å². The Balaban J connectivity index is 3.44. The number of carbonyl (C=O) groups excluding carboxylic acids is 2. The number of ether oxygens (including phenoxy) is 1. The van der Waals surface area contributed by atoms with E-state index in [1.807, 2.05) is 6.92 Å². The van der Waals surface area contributed by atoms with Crippen molar-refractivity contribution in [2.24, 2.45) is 5.73 Å². The molecular formula is C9H19N3O3. The fraction of sp³-hybridized carbons (Fsp3) is 0.778. The maximum absolute atomic E-state index is 11.0. The summed E-state index contributed by atoms with van der Waals surface area (Å²) in [5.41, 5.74) is 4.88. The molecule has 0 aliphatic carbocycles. The normalized spacial score (nSPS) is 11.9. The minimum atomic E-state index is -0.546. The number of rotatable bonds is 7. The van der Waals surface area contributed by atoms with Gasteiger partial charge in [-0.15, -0.1) is 0 Å². The smallest absolute Gasteiger partial charge is 0.312 e. The first kappa shape index (κ1) is 13.7. The third-order valence-electron chi connectivity index (χ3n) is 1.70. The van der Waals surface area contributed by atoms with Gasteiger partial charge >= 0.3 is 12.0 Å². The van der Waals surface area contributed by atoms with Crippen molar-refractivity contribution in [3.63, 3.8) is 0 Å². The first-order valence-corrected chi connectivity index (χ1v) is 4.98. The van der Waals surface area contributed by atoms with Gasteiger partial charge in [0.25, 0.3) is 0 Å². The number of hydrogen-bond donors (Lipinski definition) is 3. The molecule has 0 aliphatic rings. The van der Waals surface area contributed by atoms with Gasteiger partial charge in [-0.3, -0.25) is 4.79 Å². The van der Waals surface area contributed by atoms with E-state index in [1.54, 1.807) is 6.92 Å². The highest BCUT2D eigenvalue weighted by atomic mass is 16.5. The second kappa shape index (κ2) is 8.05. The van der Waals surface area contributed by atoms with Crippen LogP contribution in [0.5, 0.6) is 0 Å². The predicted molar refractivity (Wildman–Crippen MR) is 56.3 cm³/mol. The molecule has 2 amide bonds. The van der Waals surface area contributed by atoms with Crippen molar-refractivity contribution in [1.29, 1.82) is 0 Å². The Labute approximate surface area is 89.5 Å². The van der Waals surface area contributed by atoms with Gasteiger partial charge in [-0.25, -0.2) is 4.79 Å². The highest BCUT2D eigenvalue weighted by Gasteiger charge is 2.08. The van der Waals surface area contributed by atoms with E-state index < -0.39 is 6.03 Å². The molecule has 0 saturated heterocycles. The van der Waals surface area contributed by atoms with Crippen LogP contribution in [0.3, 0.4) is 0 Å². The largest absolute Gasteiger partial charge is 0.466 e. The number of hydrogen-bond acceptors (Lipinski definition) is 4. The van der Waals surface area contributed by atoms with Crippen molar-refractivity contribution in [1.82, 2.24) is 10.6 Å². The zero-order valence-corrected chi connectivity index (χ0v) is 9.21. The van der Waals surface area contributed by atoms with Gasteiger partial charge < -0.3 is 21.1 Å². The lowest BCUT2D eigenvalue weighted by molar-refractivity contribution is -0.143. The van der Waals surface area contributed by atoms with Gasteiger partial charge in [-0.05, 0) is 13.8 Å². The van der Waals surface area contributed by atoms with Crippen LogP contribution in [0.1, 0.15) is 20.3 Å². The first-order chi connectivity index (χ1) is 7.06. The zero-order chi connectivity index (χ0) is 11.7. The Morgan fingerprint density at radius 1 is 1.40 bits per heavy atom. The molecule has 0 heterocycles. The van der Waals surface area contributed by atoms with Crippen LogP contribution in [0.15, 0.2) is 0 Å². The summed E-state index contributed by atoms with van der Waals surface area (Å²) >= 11 is 0. The van der Waals surface area contributed by atoms with Crippen molar-refractivity contribution in [2.45, 2.75) is 26.3 Å². The summed E-state index contributed by atoms with van der Waals surface area (Å²) in [6.07, 6.45) is 0.324. The number of primary amides is 1. The van der Waals surface area contributed by atoms with Gasteiger partial charge in [-0.1, -0.05) is 0 Å². The third-order valence-corrected chi connectivity index (χ3v) is 1.70. The summed E-state index contributed by atoms with van der Waals surface area (Å²) in [6.45, 7) is 5.06. The molecule has 1 unspecified atom stereocenters. The molecular weight excluding hydrogens is 198 g/mol. The van der Waals surface area contributed by atoms with E-state index in [1.165, 1.54) is 0 Å². The van der Waals surface area contributed by atoms with Crippen LogP contribution in [0.25, 0.3) is 0 Å². The minimum absolute atomic E-state index is 0.0266. The fourth-order valence-corrected chi connectivity index (χ4v) is 1.05. The molecule has 0 aromatic rings. The van der Waals surface area contributed by atoms with Crippen LogP contribution >= 0.6 is 0 Å². The van der Waals surface area contributed by atoms with Gasteiger partial charge in [0.2, 0.25) is 0 Å². The average molecular weight is 217 g/mol. The summed E-state index contributed by atoms with van der Waals surface area (Å²) in [5.74, 6) is -0.222. The molecule has 88 valence electrons. The standard InChI is InChI=1S/C9H19N3O3/c1-3-15-8(13)6-7(2)11-4-5-12-9(10)14/h7,11H,3-6H2,1-2H3,(H3,10,12,14). The molecule has 0 radical (unpaired) electrons. The Kier molecular flexibility index (Phi) is 7.35. The van der Waals surface area contributed by atoms with Crippen LogP contribution in [0.4, 0.5) is 4.79 Å². The number of urea groups is 1. The van der Waals surface area contributed by atoms with E-state index in [0.717, 1.165) is 0 Å². The Hall–Kier alpha value is -1.30. The summed E-state index contributed by atoms with van der Waals surface area (Å²) < 4.78 is 4.79. The summed E-state index contributed by atoms with van der Waals surface area (Å²) in [4.78, 5) is 21.4. The van der Waals surface area contributed by atoms with Crippen LogP contribution < -0.4 is 16.4 Å². The van der Waals surface area contributed by atoms with E-state index in [0.29, 0.717) is 26.1 Å². The lowest BCUT2D eigenvalue weighted by Crippen LogP contribution is -2.38. The van der Waals surface area contributed by atoms with Crippen molar-refractivity contribution >= 4 is 12.0 Å². The summed E-state index contributed by atoms with van der Waals surface area (Å²) in [5, 5.41) is 5.50. The van der Waals surface area contributed by atoms with Crippen molar-refractivity contribution < 1.29 is 14.3 Å². The molecule has 0 saturated carbocycles. The highest BCUT2D eigenvalue weighted by Crippen LogP contribution is 1.93. The van der Waals surface area contributed by atoms with E-state index in [4.69, 9.17) is 10.5 Å². The molecule has 1 atom stereocenters. The fourth-order valence-electron chi connectivity index (χ4n) is 1.05. The molecule has 6 nitrogen and oxygen atoms in total. The molecule has 4 N–H and O–H groups in total. The maximum atomic E-state index is 11.0. The minimum Gasteiger partial charge on any atom is -0.466 e. The second-order valence-corrected chi connectivity index (χ2v) is 3.16. The molecule has 0 aromatic carbocycles. The molecule has 0 spiro atoms. The average Bonchev–Trinajstić information content (AvgIpc) is 2.12. The Morgan fingerprint density at radius 3 is 2.60 bits per heavy atom. The first-order valence-electron chi connectivity index (χ1n) is 4.98. The van der Waals surface area contributed by atoms with E-state index in [9.17, 15) is 9.59 Å². The number of nitrogens with two attached hydrogens (primary N) is 1. The van der Waals surface area contributed by atoms with Gasteiger partial charge in [0.1, 0.15) is 0 Å². The van der Waals surface area contributed by atoms with E-state index >= 15 is 0 Å². The Morgan fingerprint density at radius 2 is 2.07 bits per heavy atom. The topological polar surface area (TPSA) is 93.4 Å². The zero-order valence-electron chi connectivity index (χ0n) is 9.21. The predicted octanol–water partition coefficient (Wildman–Crippen LogP) is -0.414. The van der Waals surface area contributed by atoms with Gasteiger partial charge in [-0.2, -0.15) is 0 Å². The van der Waals surface area contributed by atoms with Crippen LogP contribution in [-0.2, 0) is 9.53 Å². The number of amides is 2. The highest BCUT2D eigenvalue weighted by molar-refractivity contribution is 5.71. The third kappa shape index (κ3) is 9.01. The van der Waals surface area contributed by atoms with Crippen LogP contribution in [0, 0.1) is 0 Å². The Bertz CT molecular complexity index is 209. The van der Waals surface area contributed by atoms with Gasteiger partial charge in [0, 0.05) is 19.1 Å². The van der Waals surface area contributed by atoms with E-state index in [2.05, 4.69) is 10.6 Å². The van der Waals surface area contributed by atoms with Crippen molar-refractivity contribution in [2.75, 3.05) is 19.7 Å². The molecule has 0 aliphatic heterocycles.